The van der Waals surface area contributed by atoms with Gasteiger partial charge in [0.05, 0.1) is 11.0 Å². The van der Waals surface area contributed by atoms with Crippen LogP contribution in [0.4, 0.5) is 5.95 Å². The SMILES string of the molecule is CCCCN(CCCC)C(=O)c1ccc2nc(NCCCN3CCCC3=O)n(CCCN3CCCCC3)c2c1. The van der Waals surface area contributed by atoms with Crippen LogP contribution >= 0.6 is 0 Å². The summed E-state index contributed by atoms with van der Waals surface area (Å²) in [6.07, 6.45) is 11.8. The molecule has 0 atom stereocenters. The van der Waals surface area contributed by atoms with E-state index in [1.54, 1.807) is 0 Å². The Hall–Kier alpha value is -2.61. The number of likely N-dealkylation sites (tertiary alicyclic amines) is 2. The number of rotatable bonds is 16. The van der Waals surface area contributed by atoms with Crippen LogP contribution in [0.15, 0.2) is 18.2 Å². The quantitative estimate of drug-likeness (QED) is 0.291. The number of hydrogen-bond acceptors (Lipinski definition) is 5. The summed E-state index contributed by atoms with van der Waals surface area (Å²) in [6.45, 7) is 12.8. The molecule has 0 bridgehead atoms. The summed E-state index contributed by atoms with van der Waals surface area (Å²) in [4.78, 5) is 37.0. The molecule has 1 N–H and O–H groups in total. The highest BCUT2D eigenvalue weighted by Gasteiger charge is 2.20. The predicted octanol–water partition coefficient (Wildman–Crippen LogP) is 5.38. The van der Waals surface area contributed by atoms with E-state index in [9.17, 15) is 9.59 Å². The van der Waals surface area contributed by atoms with Crippen molar-refractivity contribution >= 4 is 28.8 Å². The standard InChI is InChI=1S/C31H50N6O2/c1-3-5-20-36(21-6-4-2)30(39)26-14-15-27-28(25-26)37(24-12-19-34-17-8-7-9-18-34)31(33-27)32-16-11-23-35-22-10-13-29(35)38/h14-15,25H,3-13,16-24H2,1-2H3,(H,32,33). The van der Waals surface area contributed by atoms with Crippen LogP contribution in [0.2, 0.25) is 0 Å². The van der Waals surface area contributed by atoms with Gasteiger partial charge in [-0.1, -0.05) is 33.1 Å². The fourth-order valence-corrected chi connectivity index (χ4v) is 5.86. The number of hydrogen-bond donors (Lipinski definition) is 1. The molecule has 2 fully saturated rings. The maximum atomic E-state index is 13.5. The first kappa shape index (κ1) is 29.4. The molecule has 0 spiro atoms. The first-order valence-electron chi connectivity index (χ1n) is 15.6. The molecule has 1 aromatic carbocycles. The second-order valence-corrected chi connectivity index (χ2v) is 11.3. The number of carbonyl (C=O) groups excluding carboxylic acids is 2. The van der Waals surface area contributed by atoms with E-state index in [1.807, 2.05) is 21.9 Å². The third kappa shape index (κ3) is 8.19. The Morgan fingerprint density at radius 2 is 1.69 bits per heavy atom. The Bertz CT molecular complexity index is 1050. The van der Waals surface area contributed by atoms with Crippen LogP contribution in [-0.2, 0) is 11.3 Å². The largest absolute Gasteiger partial charge is 0.356 e. The Kier molecular flexibility index (Phi) is 11.5. The van der Waals surface area contributed by atoms with Crippen LogP contribution in [0, 0.1) is 0 Å². The minimum Gasteiger partial charge on any atom is -0.356 e. The van der Waals surface area contributed by atoms with Crippen LogP contribution in [0.3, 0.4) is 0 Å². The molecule has 2 aromatic rings. The van der Waals surface area contributed by atoms with Crippen molar-refractivity contribution in [3.63, 3.8) is 0 Å². The summed E-state index contributed by atoms with van der Waals surface area (Å²) in [5, 5.41) is 3.56. The van der Waals surface area contributed by atoms with Gasteiger partial charge in [0.1, 0.15) is 0 Å². The number of aromatic nitrogens is 2. The fraction of sp³-hybridized carbons (Fsp3) is 0.710. The van der Waals surface area contributed by atoms with Crippen molar-refractivity contribution in [3.05, 3.63) is 23.8 Å². The second kappa shape index (κ2) is 15.2. The van der Waals surface area contributed by atoms with Crippen LogP contribution in [0.1, 0.15) is 94.8 Å². The number of carbonyl (C=O) groups is 2. The third-order valence-corrected chi connectivity index (χ3v) is 8.21. The number of benzene rings is 1. The Morgan fingerprint density at radius 1 is 0.923 bits per heavy atom. The third-order valence-electron chi connectivity index (χ3n) is 8.21. The molecular weight excluding hydrogens is 488 g/mol. The van der Waals surface area contributed by atoms with Crippen molar-refractivity contribution in [2.24, 2.45) is 0 Å². The molecule has 4 rings (SSSR count). The van der Waals surface area contributed by atoms with E-state index in [0.29, 0.717) is 6.42 Å². The molecule has 1 aromatic heterocycles. The molecule has 0 aliphatic carbocycles. The van der Waals surface area contributed by atoms with Crippen molar-refractivity contribution < 1.29 is 9.59 Å². The van der Waals surface area contributed by atoms with Gasteiger partial charge >= 0.3 is 0 Å². The Morgan fingerprint density at radius 3 is 2.38 bits per heavy atom. The Balaban J connectivity index is 1.49. The van der Waals surface area contributed by atoms with Gasteiger partial charge in [0, 0.05) is 51.3 Å². The molecule has 2 saturated heterocycles. The number of imidazole rings is 1. The maximum absolute atomic E-state index is 13.5. The van der Waals surface area contributed by atoms with Crippen LogP contribution in [0.25, 0.3) is 11.0 Å². The molecule has 39 heavy (non-hydrogen) atoms. The molecular formula is C31H50N6O2. The maximum Gasteiger partial charge on any atom is 0.253 e. The zero-order chi connectivity index (χ0) is 27.5. The van der Waals surface area contributed by atoms with E-state index in [0.717, 1.165) is 113 Å². The van der Waals surface area contributed by atoms with Crippen molar-refractivity contribution in [1.29, 1.82) is 0 Å². The minimum atomic E-state index is 0.129. The zero-order valence-electron chi connectivity index (χ0n) is 24.4. The molecule has 3 heterocycles. The van der Waals surface area contributed by atoms with Crippen LogP contribution in [-0.4, -0.2) is 88.4 Å². The van der Waals surface area contributed by atoms with Gasteiger partial charge in [-0.3, -0.25) is 9.59 Å². The van der Waals surface area contributed by atoms with E-state index in [1.165, 1.54) is 32.4 Å². The van der Waals surface area contributed by atoms with Crippen molar-refractivity contribution in [2.45, 2.75) is 91.0 Å². The first-order valence-corrected chi connectivity index (χ1v) is 15.6. The van der Waals surface area contributed by atoms with Gasteiger partial charge in [-0.2, -0.15) is 0 Å². The molecule has 2 aliphatic heterocycles. The monoisotopic (exact) mass is 538 g/mol. The van der Waals surface area contributed by atoms with Gasteiger partial charge in [-0.15, -0.1) is 0 Å². The highest BCUT2D eigenvalue weighted by Crippen LogP contribution is 2.23. The summed E-state index contributed by atoms with van der Waals surface area (Å²) >= 11 is 0. The summed E-state index contributed by atoms with van der Waals surface area (Å²) in [5.74, 6) is 1.28. The number of aryl methyl sites for hydroxylation is 1. The lowest BCUT2D eigenvalue weighted by Crippen LogP contribution is -2.33. The van der Waals surface area contributed by atoms with Crippen molar-refractivity contribution in [1.82, 2.24) is 24.3 Å². The van der Waals surface area contributed by atoms with Crippen molar-refractivity contribution in [2.75, 3.05) is 57.7 Å². The summed E-state index contributed by atoms with van der Waals surface area (Å²) in [7, 11) is 0. The summed E-state index contributed by atoms with van der Waals surface area (Å²) in [5.41, 5.74) is 2.71. The molecule has 216 valence electrons. The van der Waals surface area contributed by atoms with E-state index >= 15 is 0 Å². The lowest BCUT2D eigenvalue weighted by molar-refractivity contribution is -0.127. The van der Waals surface area contributed by atoms with Gasteiger partial charge in [-0.25, -0.2) is 4.98 Å². The second-order valence-electron chi connectivity index (χ2n) is 11.3. The summed E-state index contributed by atoms with van der Waals surface area (Å²) in [6, 6.07) is 6.02. The predicted molar refractivity (Wildman–Crippen MR) is 159 cm³/mol. The van der Waals surface area contributed by atoms with Crippen molar-refractivity contribution in [3.8, 4) is 0 Å². The normalized spacial score (nSPS) is 16.4. The number of amides is 2. The number of nitrogens with zero attached hydrogens (tertiary/aromatic N) is 5. The number of unbranched alkanes of at least 4 members (excludes halogenated alkanes) is 2. The van der Waals surface area contributed by atoms with Gasteiger partial charge in [-0.05, 0) is 82.8 Å². The molecule has 0 unspecified atom stereocenters. The summed E-state index contributed by atoms with van der Waals surface area (Å²) < 4.78 is 2.28. The average molecular weight is 539 g/mol. The Labute approximate surface area is 235 Å². The topological polar surface area (TPSA) is 73.7 Å². The zero-order valence-corrected chi connectivity index (χ0v) is 24.4. The molecule has 0 saturated carbocycles. The molecule has 0 radical (unpaired) electrons. The van der Waals surface area contributed by atoms with E-state index in [4.69, 9.17) is 4.98 Å². The van der Waals surface area contributed by atoms with Crippen LogP contribution < -0.4 is 5.32 Å². The molecule has 8 heteroatoms. The highest BCUT2D eigenvalue weighted by molar-refractivity contribution is 5.97. The molecule has 8 nitrogen and oxygen atoms in total. The van der Waals surface area contributed by atoms with E-state index in [-0.39, 0.29) is 11.8 Å². The molecule has 2 aliphatic rings. The van der Waals surface area contributed by atoms with E-state index in [2.05, 4.69) is 34.7 Å². The number of piperidine rings is 1. The van der Waals surface area contributed by atoms with Crippen LogP contribution in [0.5, 0.6) is 0 Å². The number of anilines is 1. The van der Waals surface area contributed by atoms with Gasteiger partial charge < -0.3 is 24.6 Å². The molecule has 2 amide bonds. The lowest BCUT2D eigenvalue weighted by atomic mass is 10.1. The lowest BCUT2D eigenvalue weighted by Gasteiger charge is -2.26. The average Bonchev–Trinajstić information content (AvgIpc) is 3.53. The smallest absolute Gasteiger partial charge is 0.253 e. The highest BCUT2D eigenvalue weighted by atomic mass is 16.2. The minimum absolute atomic E-state index is 0.129. The number of fused-ring (bicyclic) bond motifs is 1. The first-order chi connectivity index (χ1) is 19.1. The fourth-order valence-electron chi connectivity index (χ4n) is 5.86. The van der Waals surface area contributed by atoms with E-state index < -0.39 is 0 Å². The van der Waals surface area contributed by atoms with Gasteiger partial charge in [0.25, 0.3) is 5.91 Å². The van der Waals surface area contributed by atoms with Gasteiger partial charge in [0.2, 0.25) is 11.9 Å². The number of nitrogens with one attached hydrogen (secondary N) is 1. The van der Waals surface area contributed by atoms with Gasteiger partial charge in [0.15, 0.2) is 0 Å².